The number of piperazine rings is 1. The van der Waals surface area contributed by atoms with Crippen LogP contribution in [0.2, 0.25) is 5.02 Å². The van der Waals surface area contributed by atoms with Gasteiger partial charge in [0.05, 0.1) is 10.9 Å². The number of carbonyl (C=O) groups excluding carboxylic acids is 1. The average molecular weight is 411 g/mol. The summed E-state index contributed by atoms with van der Waals surface area (Å²) in [6, 6.07) is 15.1. The second-order valence-electron chi connectivity index (χ2n) is 7.23. The van der Waals surface area contributed by atoms with Crippen LogP contribution in [0.4, 0.5) is 5.69 Å². The molecule has 0 spiro atoms. The van der Waals surface area contributed by atoms with E-state index in [-0.39, 0.29) is 11.5 Å². The fourth-order valence-electron chi connectivity index (χ4n) is 3.71. The molecular formula is C22H23ClN4O2. The second-order valence-corrected chi connectivity index (χ2v) is 7.67. The molecular weight excluding hydrogens is 388 g/mol. The van der Waals surface area contributed by atoms with Crippen molar-refractivity contribution in [2.45, 2.75) is 19.3 Å². The average Bonchev–Trinajstić information content (AvgIpc) is 2.74. The molecule has 1 fully saturated rings. The van der Waals surface area contributed by atoms with Gasteiger partial charge in [-0.15, -0.1) is 0 Å². The molecule has 0 unspecified atom stereocenters. The van der Waals surface area contributed by atoms with Crippen molar-refractivity contribution in [1.29, 1.82) is 0 Å². The zero-order valence-corrected chi connectivity index (χ0v) is 16.9. The summed E-state index contributed by atoms with van der Waals surface area (Å²) in [5.74, 6) is 0.783. The van der Waals surface area contributed by atoms with Crippen molar-refractivity contribution in [3.8, 4) is 0 Å². The van der Waals surface area contributed by atoms with Gasteiger partial charge in [0.25, 0.3) is 5.56 Å². The second kappa shape index (κ2) is 8.66. The van der Waals surface area contributed by atoms with Gasteiger partial charge in [-0.3, -0.25) is 9.59 Å². The largest absolute Gasteiger partial charge is 0.368 e. The molecule has 6 nitrogen and oxygen atoms in total. The number of hydrogen-bond donors (Lipinski definition) is 1. The molecule has 1 saturated heterocycles. The Morgan fingerprint density at radius 1 is 1.07 bits per heavy atom. The van der Waals surface area contributed by atoms with Gasteiger partial charge in [-0.2, -0.15) is 0 Å². The zero-order valence-electron chi connectivity index (χ0n) is 16.1. The van der Waals surface area contributed by atoms with E-state index in [9.17, 15) is 9.59 Å². The van der Waals surface area contributed by atoms with E-state index in [2.05, 4.69) is 14.9 Å². The van der Waals surface area contributed by atoms with Gasteiger partial charge >= 0.3 is 0 Å². The van der Waals surface area contributed by atoms with Crippen LogP contribution in [0.5, 0.6) is 0 Å². The van der Waals surface area contributed by atoms with Crippen molar-refractivity contribution in [2.24, 2.45) is 0 Å². The number of aromatic nitrogens is 2. The molecule has 1 N–H and O–H groups in total. The minimum atomic E-state index is -0.130. The lowest BCUT2D eigenvalue weighted by Crippen LogP contribution is -2.48. The fraction of sp³-hybridized carbons (Fsp3) is 0.318. The lowest BCUT2D eigenvalue weighted by molar-refractivity contribution is -0.131. The third kappa shape index (κ3) is 4.59. The van der Waals surface area contributed by atoms with Crippen LogP contribution in [0.1, 0.15) is 18.7 Å². The van der Waals surface area contributed by atoms with E-state index in [1.165, 1.54) is 0 Å². The third-order valence-electron chi connectivity index (χ3n) is 5.27. The first-order valence-corrected chi connectivity index (χ1v) is 10.2. The van der Waals surface area contributed by atoms with Gasteiger partial charge in [0.15, 0.2) is 0 Å². The monoisotopic (exact) mass is 410 g/mol. The molecule has 1 amide bonds. The van der Waals surface area contributed by atoms with Crippen LogP contribution in [-0.4, -0.2) is 47.0 Å². The van der Waals surface area contributed by atoms with Gasteiger partial charge < -0.3 is 14.8 Å². The highest BCUT2D eigenvalue weighted by atomic mass is 35.5. The van der Waals surface area contributed by atoms with E-state index in [4.69, 9.17) is 11.6 Å². The summed E-state index contributed by atoms with van der Waals surface area (Å²) in [6.07, 6.45) is 1.69. The van der Waals surface area contributed by atoms with Crippen molar-refractivity contribution in [2.75, 3.05) is 31.1 Å². The van der Waals surface area contributed by atoms with Crippen molar-refractivity contribution in [1.82, 2.24) is 14.9 Å². The number of aryl methyl sites for hydroxylation is 1. The number of hydrogen-bond acceptors (Lipinski definition) is 4. The quantitative estimate of drug-likeness (QED) is 0.701. The van der Waals surface area contributed by atoms with E-state index < -0.39 is 0 Å². The summed E-state index contributed by atoms with van der Waals surface area (Å²) in [6.45, 7) is 3.00. The number of H-pyrrole nitrogens is 1. The summed E-state index contributed by atoms with van der Waals surface area (Å²) in [4.78, 5) is 36.2. The molecule has 3 aromatic rings. The number of amides is 1. The Morgan fingerprint density at radius 2 is 1.86 bits per heavy atom. The van der Waals surface area contributed by atoms with Crippen molar-refractivity contribution < 1.29 is 4.79 Å². The Morgan fingerprint density at radius 3 is 2.66 bits per heavy atom. The van der Waals surface area contributed by atoms with Crippen LogP contribution in [0.15, 0.2) is 53.3 Å². The Kier molecular flexibility index (Phi) is 5.81. The molecule has 150 valence electrons. The van der Waals surface area contributed by atoms with Gasteiger partial charge in [0.1, 0.15) is 5.82 Å². The van der Waals surface area contributed by atoms with Gasteiger partial charge in [0, 0.05) is 49.7 Å². The predicted octanol–water partition coefficient (Wildman–Crippen LogP) is 3.25. The molecule has 0 saturated carbocycles. The molecule has 0 radical (unpaired) electrons. The first kappa shape index (κ1) is 19.5. The molecule has 1 aliphatic heterocycles. The number of fused-ring (bicyclic) bond motifs is 1. The third-order valence-corrected chi connectivity index (χ3v) is 5.51. The summed E-state index contributed by atoms with van der Waals surface area (Å²) in [5, 5.41) is 1.31. The maximum Gasteiger partial charge on any atom is 0.258 e. The highest BCUT2D eigenvalue weighted by Crippen LogP contribution is 2.21. The highest BCUT2D eigenvalue weighted by Gasteiger charge is 2.21. The maximum atomic E-state index is 12.6. The SMILES string of the molecule is O=C(CCCc1nc2ccccc2c(=O)[nH]1)N1CCN(c2cccc(Cl)c2)CC1. The maximum absolute atomic E-state index is 12.6. The number of carbonyl (C=O) groups is 1. The number of rotatable bonds is 5. The lowest BCUT2D eigenvalue weighted by Gasteiger charge is -2.36. The Labute approximate surface area is 174 Å². The van der Waals surface area contributed by atoms with Crippen molar-refractivity contribution in [3.05, 3.63) is 69.7 Å². The summed E-state index contributed by atoms with van der Waals surface area (Å²) in [7, 11) is 0. The zero-order chi connectivity index (χ0) is 20.2. The topological polar surface area (TPSA) is 69.3 Å². The Balaban J connectivity index is 1.28. The minimum absolute atomic E-state index is 0.130. The van der Waals surface area contributed by atoms with Crippen molar-refractivity contribution in [3.63, 3.8) is 0 Å². The fourth-order valence-corrected chi connectivity index (χ4v) is 3.89. The number of nitrogens with one attached hydrogen (secondary N) is 1. The molecule has 0 atom stereocenters. The number of benzene rings is 2. The predicted molar refractivity (Wildman–Crippen MR) is 116 cm³/mol. The van der Waals surface area contributed by atoms with Crippen LogP contribution in [0.25, 0.3) is 10.9 Å². The summed E-state index contributed by atoms with van der Waals surface area (Å²) < 4.78 is 0. The molecule has 2 heterocycles. The number of halogens is 1. The summed E-state index contributed by atoms with van der Waals surface area (Å²) in [5.41, 5.74) is 1.65. The Bertz CT molecular complexity index is 1070. The van der Waals surface area contributed by atoms with Crippen LogP contribution in [0, 0.1) is 0 Å². The van der Waals surface area contributed by atoms with Crippen LogP contribution >= 0.6 is 11.6 Å². The van der Waals surface area contributed by atoms with Crippen LogP contribution in [-0.2, 0) is 11.2 Å². The number of para-hydroxylation sites is 1. The Hall–Kier alpha value is -2.86. The number of aromatic amines is 1. The van der Waals surface area contributed by atoms with Crippen LogP contribution < -0.4 is 10.5 Å². The standard InChI is InChI=1S/C22H23ClN4O2/c23-16-5-3-6-17(15-16)26-11-13-27(14-12-26)21(28)10-4-9-20-24-19-8-2-1-7-18(19)22(29)25-20/h1-3,5-8,15H,4,9-14H2,(H,24,25,29). The van der Waals surface area contributed by atoms with E-state index in [0.717, 1.165) is 23.8 Å². The molecule has 0 bridgehead atoms. The lowest BCUT2D eigenvalue weighted by atomic mass is 10.1. The first-order chi connectivity index (χ1) is 14.1. The minimum Gasteiger partial charge on any atom is -0.368 e. The first-order valence-electron chi connectivity index (χ1n) is 9.86. The van der Waals surface area contributed by atoms with Gasteiger partial charge in [0.2, 0.25) is 5.91 Å². The molecule has 4 rings (SSSR count). The van der Waals surface area contributed by atoms with E-state index in [1.54, 1.807) is 6.07 Å². The molecule has 1 aliphatic rings. The van der Waals surface area contributed by atoms with E-state index >= 15 is 0 Å². The highest BCUT2D eigenvalue weighted by molar-refractivity contribution is 6.30. The molecule has 0 aliphatic carbocycles. The van der Waals surface area contributed by atoms with Gasteiger partial charge in [-0.05, 0) is 36.8 Å². The van der Waals surface area contributed by atoms with E-state index in [0.29, 0.717) is 49.1 Å². The van der Waals surface area contributed by atoms with Crippen molar-refractivity contribution >= 4 is 34.1 Å². The number of nitrogens with zero attached hydrogens (tertiary/aromatic N) is 3. The molecule has 7 heteroatoms. The summed E-state index contributed by atoms with van der Waals surface area (Å²) >= 11 is 6.07. The number of anilines is 1. The smallest absolute Gasteiger partial charge is 0.258 e. The van der Waals surface area contributed by atoms with Crippen LogP contribution in [0.3, 0.4) is 0 Å². The molecule has 29 heavy (non-hydrogen) atoms. The van der Waals surface area contributed by atoms with Gasteiger partial charge in [-0.1, -0.05) is 29.8 Å². The normalized spacial score (nSPS) is 14.4. The molecule has 1 aromatic heterocycles. The molecule has 2 aromatic carbocycles. The van der Waals surface area contributed by atoms with Gasteiger partial charge in [-0.25, -0.2) is 4.98 Å². The van der Waals surface area contributed by atoms with E-state index in [1.807, 2.05) is 47.4 Å².